The van der Waals surface area contributed by atoms with Gasteiger partial charge in [-0.1, -0.05) is 23.7 Å². The number of phenols is 1. The van der Waals surface area contributed by atoms with Crippen LogP contribution in [0.2, 0.25) is 5.02 Å². The number of anilines is 1. The van der Waals surface area contributed by atoms with E-state index in [9.17, 15) is 5.11 Å². The van der Waals surface area contributed by atoms with Crippen molar-refractivity contribution in [3.63, 3.8) is 0 Å². The van der Waals surface area contributed by atoms with E-state index in [0.717, 1.165) is 21.5 Å². The topological polar surface area (TPSA) is 41.5 Å². The summed E-state index contributed by atoms with van der Waals surface area (Å²) in [5, 5.41) is 13.4. The van der Waals surface area contributed by atoms with Crippen molar-refractivity contribution in [3.8, 4) is 11.5 Å². The van der Waals surface area contributed by atoms with Crippen LogP contribution in [-0.4, -0.2) is 12.2 Å². The minimum absolute atomic E-state index is 0.115. The summed E-state index contributed by atoms with van der Waals surface area (Å²) in [6.07, 6.45) is 0. The molecule has 0 aliphatic rings. The van der Waals surface area contributed by atoms with Crippen molar-refractivity contribution in [1.82, 2.24) is 0 Å². The zero-order valence-electron chi connectivity index (χ0n) is 10.3. The van der Waals surface area contributed by atoms with Gasteiger partial charge in [-0.25, -0.2) is 0 Å². The first kappa shape index (κ1) is 14.0. The summed E-state index contributed by atoms with van der Waals surface area (Å²) < 4.78 is 6.04. The second-order valence-corrected chi connectivity index (χ2v) is 5.21. The molecule has 0 saturated carbocycles. The van der Waals surface area contributed by atoms with E-state index in [4.69, 9.17) is 16.3 Å². The van der Waals surface area contributed by atoms with Gasteiger partial charge in [-0.2, -0.15) is 0 Å². The highest BCUT2D eigenvalue weighted by molar-refractivity contribution is 9.10. The van der Waals surface area contributed by atoms with Gasteiger partial charge in [-0.3, -0.25) is 0 Å². The van der Waals surface area contributed by atoms with Gasteiger partial charge in [0.15, 0.2) is 0 Å². The Balaban J connectivity index is 2.10. The third-order valence-electron chi connectivity index (χ3n) is 2.71. The number of nitrogens with one attached hydrogen (secondary N) is 1. The molecule has 2 N–H and O–H groups in total. The molecule has 2 aromatic rings. The highest BCUT2D eigenvalue weighted by atomic mass is 79.9. The highest BCUT2D eigenvalue weighted by Gasteiger charge is 2.06. The molecule has 0 spiro atoms. The molecule has 0 aliphatic carbocycles. The summed E-state index contributed by atoms with van der Waals surface area (Å²) in [7, 11) is 1.62. The lowest BCUT2D eigenvalue weighted by atomic mass is 10.2. The van der Waals surface area contributed by atoms with Gasteiger partial charge in [0.05, 0.1) is 16.6 Å². The maximum absolute atomic E-state index is 9.81. The van der Waals surface area contributed by atoms with Gasteiger partial charge in [-0.15, -0.1) is 0 Å². The molecule has 5 heteroatoms. The maximum atomic E-state index is 9.81. The zero-order valence-corrected chi connectivity index (χ0v) is 12.6. The first-order valence-electron chi connectivity index (χ1n) is 5.65. The third kappa shape index (κ3) is 3.33. The number of methoxy groups -OCH3 is 1. The van der Waals surface area contributed by atoms with E-state index in [0.29, 0.717) is 11.6 Å². The molecule has 0 aliphatic heterocycles. The monoisotopic (exact) mass is 341 g/mol. The van der Waals surface area contributed by atoms with Gasteiger partial charge in [-0.05, 0) is 40.2 Å². The van der Waals surface area contributed by atoms with Crippen molar-refractivity contribution in [2.24, 2.45) is 0 Å². The van der Waals surface area contributed by atoms with Crippen LogP contribution in [0.15, 0.2) is 40.9 Å². The van der Waals surface area contributed by atoms with Crippen LogP contribution in [0.1, 0.15) is 5.56 Å². The fourth-order valence-electron chi connectivity index (χ4n) is 1.68. The number of halogens is 2. The van der Waals surface area contributed by atoms with Crippen LogP contribution in [0.25, 0.3) is 0 Å². The average molecular weight is 343 g/mol. The first-order chi connectivity index (χ1) is 9.11. The molecule has 3 nitrogen and oxygen atoms in total. The summed E-state index contributed by atoms with van der Waals surface area (Å²) in [5.41, 5.74) is 1.67. The van der Waals surface area contributed by atoms with Crippen molar-refractivity contribution in [3.05, 3.63) is 51.5 Å². The Bertz CT molecular complexity index is 590. The average Bonchev–Trinajstić information content (AvgIpc) is 2.40. The van der Waals surface area contributed by atoms with Crippen LogP contribution in [0.5, 0.6) is 11.5 Å². The van der Waals surface area contributed by atoms with E-state index in [1.807, 2.05) is 30.3 Å². The minimum Gasteiger partial charge on any atom is -0.506 e. The molecule has 0 fully saturated rings. The number of rotatable bonds is 4. The number of hydrogen-bond donors (Lipinski definition) is 2. The Kier molecular flexibility index (Phi) is 4.56. The molecule has 0 radical (unpaired) electrons. The standard InChI is InChI=1S/C14H13BrClNO2/c1-19-13-6-5-10(7-11(13)15)17-8-9-3-2-4-12(16)14(9)18/h2-7,17-18H,8H2,1H3. The zero-order chi connectivity index (χ0) is 13.8. The molecular weight excluding hydrogens is 330 g/mol. The lowest BCUT2D eigenvalue weighted by Crippen LogP contribution is -2.00. The fourth-order valence-corrected chi connectivity index (χ4v) is 2.41. The summed E-state index contributed by atoms with van der Waals surface area (Å²) in [6, 6.07) is 11.0. The largest absolute Gasteiger partial charge is 0.506 e. The summed E-state index contributed by atoms with van der Waals surface area (Å²) >= 11 is 9.28. The molecular formula is C14H13BrClNO2. The lowest BCUT2D eigenvalue weighted by molar-refractivity contribution is 0.412. The summed E-state index contributed by atoms with van der Waals surface area (Å²) in [5.74, 6) is 0.889. The Morgan fingerprint density at radius 3 is 2.79 bits per heavy atom. The van der Waals surface area contributed by atoms with Crippen molar-refractivity contribution >= 4 is 33.2 Å². The smallest absolute Gasteiger partial charge is 0.139 e. The number of aromatic hydroxyl groups is 1. The molecule has 2 rings (SSSR count). The van der Waals surface area contributed by atoms with E-state index in [2.05, 4.69) is 21.2 Å². The van der Waals surface area contributed by atoms with Crippen LogP contribution in [0.3, 0.4) is 0 Å². The Labute approximate surface area is 125 Å². The molecule has 0 aromatic heterocycles. The predicted octanol–water partition coefficient (Wildman–Crippen LogP) is 4.43. The van der Waals surface area contributed by atoms with E-state index in [1.54, 1.807) is 13.2 Å². The SMILES string of the molecule is COc1ccc(NCc2cccc(Cl)c2O)cc1Br. The number of benzene rings is 2. The van der Waals surface area contributed by atoms with Crippen molar-refractivity contribution in [2.45, 2.75) is 6.54 Å². The van der Waals surface area contributed by atoms with Crippen LogP contribution < -0.4 is 10.1 Å². The Hall–Kier alpha value is -1.39. The number of phenolic OH excluding ortho intramolecular Hbond substituents is 1. The normalized spacial score (nSPS) is 10.3. The lowest BCUT2D eigenvalue weighted by Gasteiger charge is -2.10. The second-order valence-electron chi connectivity index (χ2n) is 3.95. The maximum Gasteiger partial charge on any atom is 0.139 e. The van der Waals surface area contributed by atoms with Crippen LogP contribution in [0, 0.1) is 0 Å². The van der Waals surface area contributed by atoms with Gasteiger partial charge in [0.2, 0.25) is 0 Å². The van der Waals surface area contributed by atoms with E-state index in [1.165, 1.54) is 0 Å². The van der Waals surface area contributed by atoms with Crippen LogP contribution in [-0.2, 0) is 6.54 Å². The molecule has 0 atom stereocenters. The van der Waals surface area contributed by atoms with Crippen molar-refractivity contribution < 1.29 is 9.84 Å². The Morgan fingerprint density at radius 2 is 2.11 bits per heavy atom. The number of para-hydroxylation sites is 1. The van der Waals surface area contributed by atoms with Gasteiger partial charge in [0.25, 0.3) is 0 Å². The summed E-state index contributed by atoms with van der Waals surface area (Å²) in [4.78, 5) is 0. The number of ether oxygens (including phenoxy) is 1. The molecule has 19 heavy (non-hydrogen) atoms. The Morgan fingerprint density at radius 1 is 1.32 bits per heavy atom. The van der Waals surface area contributed by atoms with Gasteiger partial charge >= 0.3 is 0 Å². The van der Waals surface area contributed by atoms with E-state index < -0.39 is 0 Å². The highest BCUT2D eigenvalue weighted by Crippen LogP contribution is 2.30. The molecule has 2 aromatic carbocycles. The predicted molar refractivity (Wildman–Crippen MR) is 81.1 cm³/mol. The minimum atomic E-state index is 0.115. The summed E-state index contributed by atoms with van der Waals surface area (Å²) in [6.45, 7) is 0.491. The molecule has 100 valence electrons. The fraction of sp³-hybridized carbons (Fsp3) is 0.143. The van der Waals surface area contributed by atoms with Gasteiger partial charge in [0, 0.05) is 17.8 Å². The molecule has 0 amide bonds. The van der Waals surface area contributed by atoms with Gasteiger partial charge < -0.3 is 15.2 Å². The van der Waals surface area contributed by atoms with Gasteiger partial charge in [0.1, 0.15) is 11.5 Å². The van der Waals surface area contributed by atoms with Crippen LogP contribution in [0.4, 0.5) is 5.69 Å². The van der Waals surface area contributed by atoms with Crippen molar-refractivity contribution in [1.29, 1.82) is 0 Å². The molecule has 0 heterocycles. The first-order valence-corrected chi connectivity index (χ1v) is 6.82. The quantitative estimate of drug-likeness (QED) is 0.863. The van der Waals surface area contributed by atoms with E-state index in [-0.39, 0.29) is 5.75 Å². The van der Waals surface area contributed by atoms with E-state index >= 15 is 0 Å². The number of hydrogen-bond acceptors (Lipinski definition) is 3. The van der Waals surface area contributed by atoms with Crippen molar-refractivity contribution in [2.75, 3.05) is 12.4 Å². The molecule has 0 saturated heterocycles. The molecule has 0 bridgehead atoms. The second kappa shape index (κ2) is 6.17. The van der Waals surface area contributed by atoms with Crippen LogP contribution >= 0.6 is 27.5 Å². The third-order valence-corrected chi connectivity index (χ3v) is 3.63. The molecule has 0 unspecified atom stereocenters.